The molecule has 2 fully saturated rings. The van der Waals surface area contributed by atoms with Crippen LogP contribution < -0.4 is 5.32 Å². The molecule has 2 rings (SSSR count). The molecule has 0 saturated heterocycles. The zero-order chi connectivity index (χ0) is 12.8. The van der Waals surface area contributed by atoms with E-state index in [0.717, 1.165) is 19.4 Å². The first kappa shape index (κ1) is 14.3. The molecule has 3 nitrogen and oxygen atoms in total. The lowest BCUT2D eigenvalue weighted by molar-refractivity contribution is 0.0997. The Morgan fingerprint density at radius 3 is 2.28 bits per heavy atom. The molecular formula is C15H29NO2. The zero-order valence-electron chi connectivity index (χ0n) is 11.5. The Morgan fingerprint density at radius 2 is 1.50 bits per heavy atom. The lowest BCUT2D eigenvalue weighted by Gasteiger charge is -2.32. The first-order valence-corrected chi connectivity index (χ1v) is 7.83. The Hall–Kier alpha value is -0.120. The van der Waals surface area contributed by atoms with Crippen molar-refractivity contribution in [1.82, 2.24) is 5.32 Å². The Labute approximate surface area is 111 Å². The molecule has 0 spiro atoms. The van der Waals surface area contributed by atoms with Gasteiger partial charge in [0.2, 0.25) is 0 Å². The van der Waals surface area contributed by atoms with Gasteiger partial charge in [-0.1, -0.05) is 32.1 Å². The van der Waals surface area contributed by atoms with Crippen LogP contribution in [0.5, 0.6) is 0 Å². The van der Waals surface area contributed by atoms with Crippen molar-refractivity contribution in [1.29, 1.82) is 0 Å². The average molecular weight is 255 g/mol. The maximum absolute atomic E-state index is 10.1. The number of aliphatic hydroxyl groups is 2. The van der Waals surface area contributed by atoms with E-state index < -0.39 is 0 Å². The maximum Gasteiger partial charge on any atom is 0.0693 e. The average Bonchev–Trinajstić information content (AvgIpc) is 2.61. The number of nitrogens with one attached hydrogen (secondary N) is 1. The van der Waals surface area contributed by atoms with Crippen LogP contribution in [0.15, 0.2) is 0 Å². The molecule has 3 N–H and O–H groups in total. The van der Waals surface area contributed by atoms with Gasteiger partial charge in [-0.3, -0.25) is 0 Å². The molecule has 0 heterocycles. The normalized spacial score (nSPS) is 38.3. The summed E-state index contributed by atoms with van der Waals surface area (Å²) in [5, 5.41) is 23.1. The standard InChI is InChI=1S/C15H29NO2/c17-11-13-7-5-4-6-12(13)10-16-14-8-2-1-3-9-15(14)18/h12-18H,1-11H2. The molecule has 2 aliphatic carbocycles. The van der Waals surface area contributed by atoms with Crippen molar-refractivity contribution in [3.63, 3.8) is 0 Å². The molecule has 2 saturated carbocycles. The summed E-state index contributed by atoms with van der Waals surface area (Å²) in [5.74, 6) is 1.09. The van der Waals surface area contributed by atoms with E-state index >= 15 is 0 Å². The summed E-state index contributed by atoms with van der Waals surface area (Å²) >= 11 is 0. The first-order valence-electron chi connectivity index (χ1n) is 7.83. The highest BCUT2D eigenvalue weighted by Crippen LogP contribution is 2.29. The van der Waals surface area contributed by atoms with Gasteiger partial charge in [-0.25, -0.2) is 0 Å². The topological polar surface area (TPSA) is 52.5 Å². The molecule has 18 heavy (non-hydrogen) atoms. The van der Waals surface area contributed by atoms with Crippen LogP contribution in [0.2, 0.25) is 0 Å². The predicted octanol–water partition coefficient (Wildman–Crippen LogP) is 2.07. The van der Waals surface area contributed by atoms with Crippen molar-refractivity contribution >= 4 is 0 Å². The van der Waals surface area contributed by atoms with E-state index in [1.54, 1.807) is 0 Å². The molecule has 0 radical (unpaired) electrons. The Bertz CT molecular complexity index is 233. The fourth-order valence-corrected chi connectivity index (χ4v) is 3.62. The Kier molecular flexibility index (Phi) is 5.93. The van der Waals surface area contributed by atoms with Gasteiger partial charge in [-0.2, -0.15) is 0 Å². The molecule has 4 unspecified atom stereocenters. The molecule has 4 atom stereocenters. The highest BCUT2D eigenvalue weighted by atomic mass is 16.3. The molecule has 0 bridgehead atoms. The van der Waals surface area contributed by atoms with Crippen LogP contribution in [0.3, 0.4) is 0 Å². The predicted molar refractivity (Wildman–Crippen MR) is 73.4 cm³/mol. The van der Waals surface area contributed by atoms with Gasteiger partial charge in [-0.05, 0) is 44.1 Å². The first-order chi connectivity index (χ1) is 8.81. The van der Waals surface area contributed by atoms with Gasteiger partial charge >= 0.3 is 0 Å². The summed E-state index contributed by atoms with van der Waals surface area (Å²) in [6.07, 6.45) is 10.6. The van der Waals surface area contributed by atoms with Crippen LogP contribution in [0.4, 0.5) is 0 Å². The maximum atomic E-state index is 10.1. The second kappa shape index (κ2) is 7.46. The van der Waals surface area contributed by atoms with Crippen LogP contribution in [-0.4, -0.2) is 35.5 Å². The third-order valence-corrected chi connectivity index (χ3v) is 4.92. The van der Waals surface area contributed by atoms with Crippen LogP contribution in [0.25, 0.3) is 0 Å². The zero-order valence-corrected chi connectivity index (χ0v) is 11.5. The summed E-state index contributed by atoms with van der Waals surface area (Å²) in [7, 11) is 0. The monoisotopic (exact) mass is 255 g/mol. The summed E-state index contributed by atoms with van der Waals surface area (Å²) in [6.45, 7) is 1.31. The van der Waals surface area contributed by atoms with Crippen molar-refractivity contribution in [2.45, 2.75) is 69.9 Å². The fraction of sp³-hybridized carbons (Fsp3) is 1.00. The van der Waals surface area contributed by atoms with Gasteiger partial charge < -0.3 is 15.5 Å². The molecule has 0 aromatic heterocycles. The largest absolute Gasteiger partial charge is 0.396 e. The smallest absolute Gasteiger partial charge is 0.0693 e. The van der Waals surface area contributed by atoms with Crippen LogP contribution >= 0.6 is 0 Å². The minimum Gasteiger partial charge on any atom is -0.396 e. The summed E-state index contributed by atoms with van der Waals surface area (Å²) in [4.78, 5) is 0. The molecule has 0 amide bonds. The van der Waals surface area contributed by atoms with Crippen LogP contribution in [0, 0.1) is 11.8 Å². The lowest BCUT2D eigenvalue weighted by atomic mass is 9.79. The van der Waals surface area contributed by atoms with E-state index in [9.17, 15) is 10.2 Å². The Balaban J connectivity index is 1.78. The van der Waals surface area contributed by atoms with Crippen molar-refractivity contribution in [3.05, 3.63) is 0 Å². The van der Waals surface area contributed by atoms with E-state index in [1.807, 2.05) is 0 Å². The number of aliphatic hydroxyl groups excluding tert-OH is 2. The van der Waals surface area contributed by atoms with E-state index in [4.69, 9.17) is 0 Å². The lowest BCUT2D eigenvalue weighted by Crippen LogP contribution is -2.43. The number of hydrogen-bond donors (Lipinski definition) is 3. The third-order valence-electron chi connectivity index (χ3n) is 4.92. The minimum atomic E-state index is -0.163. The molecule has 0 aromatic rings. The molecule has 0 aliphatic heterocycles. The van der Waals surface area contributed by atoms with E-state index in [0.29, 0.717) is 18.4 Å². The van der Waals surface area contributed by atoms with E-state index in [2.05, 4.69) is 5.32 Å². The highest BCUT2D eigenvalue weighted by Gasteiger charge is 2.27. The summed E-state index contributed by atoms with van der Waals surface area (Å²) < 4.78 is 0. The molecular weight excluding hydrogens is 226 g/mol. The molecule has 2 aliphatic rings. The van der Waals surface area contributed by atoms with Gasteiger partial charge in [0.15, 0.2) is 0 Å². The minimum absolute atomic E-state index is 0.163. The number of rotatable bonds is 4. The third kappa shape index (κ3) is 3.94. The van der Waals surface area contributed by atoms with Gasteiger partial charge in [0.1, 0.15) is 0 Å². The fourth-order valence-electron chi connectivity index (χ4n) is 3.62. The van der Waals surface area contributed by atoms with Crippen LogP contribution in [0.1, 0.15) is 57.8 Å². The number of hydrogen-bond acceptors (Lipinski definition) is 3. The second-order valence-electron chi connectivity index (χ2n) is 6.21. The quantitative estimate of drug-likeness (QED) is 0.674. The van der Waals surface area contributed by atoms with Crippen LogP contribution in [-0.2, 0) is 0 Å². The van der Waals surface area contributed by atoms with Gasteiger partial charge in [-0.15, -0.1) is 0 Å². The molecule has 106 valence electrons. The van der Waals surface area contributed by atoms with Crippen molar-refractivity contribution in [2.24, 2.45) is 11.8 Å². The highest BCUT2D eigenvalue weighted by molar-refractivity contribution is 4.82. The van der Waals surface area contributed by atoms with Gasteiger partial charge in [0.25, 0.3) is 0 Å². The van der Waals surface area contributed by atoms with Crippen molar-refractivity contribution in [2.75, 3.05) is 13.2 Å². The SMILES string of the molecule is OCC1CCCCC1CNC1CCCCCC1O. The van der Waals surface area contributed by atoms with Gasteiger partial charge in [0, 0.05) is 12.6 Å². The van der Waals surface area contributed by atoms with E-state index in [1.165, 1.54) is 44.9 Å². The summed E-state index contributed by atoms with van der Waals surface area (Å²) in [6, 6.07) is 0.286. The molecule has 0 aromatic carbocycles. The van der Waals surface area contributed by atoms with E-state index in [-0.39, 0.29) is 12.1 Å². The second-order valence-corrected chi connectivity index (χ2v) is 6.21. The summed E-state index contributed by atoms with van der Waals surface area (Å²) in [5.41, 5.74) is 0. The van der Waals surface area contributed by atoms with Crippen molar-refractivity contribution < 1.29 is 10.2 Å². The van der Waals surface area contributed by atoms with Crippen molar-refractivity contribution in [3.8, 4) is 0 Å². The molecule has 3 heteroatoms. The Morgan fingerprint density at radius 1 is 0.833 bits per heavy atom. The van der Waals surface area contributed by atoms with Gasteiger partial charge in [0.05, 0.1) is 6.10 Å².